The Labute approximate surface area is 81.0 Å². The van der Waals surface area contributed by atoms with Gasteiger partial charge in [0.15, 0.2) is 0 Å². The molecule has 74 valence electrons. The lowest BCUT2D eigenvalue weighted by Crippen LogP contribution is -2.20. The predicted octanol–water partition coefficient (Wildman–Crippen LogP) is 0.422. The SMILES string of the molecule is N#CN(C#N)C(=O)CCCCC(=O)O. The van der Waals surface area contributed by atoms with Crippen LogP contribution in [0.3, 0.4) is 0 Å². The topological polar surface area (TPSA) is 105 Å². The Morgan fingerprint density at radius 1 is 1.14 bits per heavy atom. The van der Waals surface area contributed by atoms with E-state index in [0.717, 1.165) is 0 Å². The minimum Gasteiger partial charge on any atom is -0.481 e. The van der Waals surface area contributed by atoms with E-state index in [4.69, 9.17) is 15.6 Å². The summed E-state index contributed by atoms with van der Waals surface area (Å²) in [5.41, 5.74) is 0. The summed E-state index contributed by atoms with van der Waals surface area (Å²) in [5, 5.41) is 24.8. The molecular weight excluding hydrogens is 186 g/mol. The van der Waals surface area contributed by atoms with Crippen molar-refractivity contribution in [1.29, 1.82) is 10.5 Å². The Hall–Kier alpha value is -2.08. The zero-order chi connectivity index (χ0) is 11.0. The highest BCUT2D eigenvalue weighted by atomic mass is 16.4. The lowest BCUT2D eigenvalue weighted by molar-refractivity contribution is -0.137. The number of carboxylic acid groups (broad SMARTS) is 1. The smallest absolute Gasteiger partial charge is 0.303 e. The number of aliphatic carboxylic acids is 1. The third-order valence-corrected chi connectivity index (χ3v) is 1.48. The van der Waals surface area contributed by atoms with E-state index < -0.39 is 11.9 Å². The van der Waals surface area contributed by atoms with Gasteiger partial charge in [0.2, 0.25) is 18.3 Å². The summed E-state index contributed by atoms with van der Waals surface area (Å²) in [4.78, 5) is 21.4. The minimum atomic E-state index is -0.921. The Kier molecular flexibility index (Phi) is 5.48. The molecule has 6 nitrogen and oxygen atoms in total. The van der Waals surface area contributed by atoms with Crippen LogP contribution in [-0.2, 0) is 9.59 Å². The molecule has 0 aliphatic heterocycles. The van der Waals surface area contributed by atoms with Crippen LogP contribution >= 0.6 is 0 Å². The Balaban J connectivity index is 3.71. The zero-order valence-electron chi connectivity index (χ0n) is 7.43. The van der Waals surface area contributed by atoms with Crippen molar-refractivity contribution < 1.29 is 14.7 Å². The van der Waals surface area contributed by atoms with Crippen LogP contribution in [0.5, 0.6) is 0 Å². The Morgan fingerprint density at radius 3 is 2.07 bits per heavy atom. The average molecular weight is 195 g/mol. The highest BCUT2D eigenvalue weighted by molar-refractivity contribution is 5.79. The maximum atomic E-state index is 11.0. The van der Waals surface area contributed by atoms with Crippen molar-refractivity contribution in [2.24, 2.45) is 0 Å². The van der Waals surface area contributed by atoms with E-state index in [9.17, 15) is 9.59 Å². The summed E-state index contributed by atoms with van der Waals surface area (Å²) in [6.45, 7) is 0. The average Bonchev–Trinajstić information content (AvgIpc) is 2.14. The first-order valence-electron chi connectivity index (χ1n) is 3.96. The van der Waals surface area contributed by atoms with Gasteiger partial charge in [0.1, 0.15) is 0 Å². The molecule has 1 amide bonds. The van der Waals surface area contributed by atoms with E-state index in [2.05, 4.69) is 0 Å². The van der Waals surface area contributed by atoms with E-state index >= 15 is 0 Å². The van der Waals surface area contributed by atoms with Gasteiger partial charge in [-0.3, -0.25) is 9.59 Å². The number of carbonyl (C=O) groups excluding carboxylic acids is 1. The lowest BCUT2D eigenvalue weighted by Gasteiger charge is -2.01. The van der Waals surface area contributed by atoms with Crippen LogP contribution in [0.25, 0.3) is 0 Å². The molecule has 1 N–H and O–H groups in total. The monoisotopic (exact) mass is 195 g/mol. The molecule has 0 rings (SSSR count). The number of amides is 1. The van der Waals surface area contributed by atoms with Crippen molar-refractivity contribution in [3.05, 3.63) is 0 Å². The molecule has 0 fully saturated rings. The van der Waals surface area contributed by atoms with Crippen LogP contribution in [0, 0.1) is 22.9 Å². The number of rotatable bonds is 5. The molecule has 0 unspecified atom stereocenters. The quantitative estimate of drug-likeness (QED) is 0.389. The maximum absolute atomic E-state index is 11.0. The summed E-state index contributed by atoms with van der Waals surface area (Å²) in [5.74, 6) is -1.52. The predicted molar refractivity (Wildman–Crippen MR) is 44.2 cm³/mol. The molecule has 0 heterocycles. The van der Waals surface area contributed by atoms with Crippen LogP contribution in [-0.4, -0.2) is 21.9 Å². The van der Waals surface area contributed by atoms with Gasteiger partial charge in [0.25, 0.3) is 0 Å². The lowest BCUT2D eigenvalue weighted by atomic mass is 10.2. The molecule has 0 aliphatic carbocycles. The molecule has 6 heteroatoms. The molecule has 14 heavy (non-hydrogen) atoms. The number of nitriles is 2. The molecular formula is C8H9N3O3. The molecule has 0 spiro atoms. The third kappa shape index (κ3) is 4.73. The van der Waals surface area contributed by atoms with Gasteiger partial charge in [-0.1, -0.05) is 0 Å². The van der Waals surface area contributed by atoms with Gasteiger partial charge in [-0.25, -0.2) is 0 Å². The zero-order valence-corrected chi connectivity index (χ0v) is 7.43. The largest absolute Gasteiger partial charge is 0.481 e. The van der Waals surface area contributed by atoms with Crippen LogP contribution < -0.4 is 0 Å². The first-order valence-corrected chi connectivity index (χ1v) is 3.96. The van der Waals surface area contributed by atoms with E-state index in [0.29, 0.717) is 17.7 Å². The summed E-state index contributed by atoms with van der Waals surface area (Å²) in [6, 6.07) is 0. The van der Waals surface area contributed by atoms with Gasteiger partial charge < -0.3 is 5.11 Å². The fourth-order valence-corrected chi connectivity index (χ4v) is 0.798. The number of carboxylic acids is 1. The van der Waals surface area contributed by atoms with E-state index in [-0.39, 0.29) is 12.8 Å². The van der Waals surface area contributed by atoms with Crippen molar-refractivity contribution in [1.82, 2.24) is 4.90 Å². The van der Waals surface area contributed by atoms with Crippen molar-refractivity contribution >= 4 is 11.9 Å². The molecule has 0 aliphatic rings. The molecule has 0 atom stereocenters. The van der Waals surface area contributed by atoms with E-state index in [1.54, 1.807) is 0 Å². The van der Waals surface area contributed by atoms with Gasteiger partial charge in [0.05, 0.1) is 0 Å². The van der Waals surface area contributed by atoms with Crippen LogP contribution in [0.4, 0.5) is 0 Å². The highest BCUT2D eigenvalue weighted by Gasteiger charge is 2.11. The van der Waals surface area contributed by atoms with Crippen molar-refractivity contribution in [2.75, 3.05) is 0 Å². The summed E-state index contributed by atoms with van der Waals surface area (Å²) in [7, 11) is 0. The molecule has 0 aromatic rings. The number of unbranched alkanes of at least 4 members (excludes halogenated alkanes) is 1. The Bertz CT molecular complexity index is 286. The number of hydrogen-bond donors (Lipinski definition) is 1. The summed E-state index contributed by atoms with van der Waals surface area (Å²) in [6.07, 6.45) is 3.56. The van der Waals surface area contributed by atoms with Crippen LogP contribution in [0.15, 0.2) is 0 Å². The first kappa shape index (κ1) is 11.9. The fraction of sp³-hybridized carbons (Fsp3) is 0.500. The van der Waals surface area contributed by atoms with Crippen molar-refractivity contribution in [2.45, 2.75) is 25.7 Å². The van der Waals surface area contributed by atoms with Crippen LogP contribution in [0.1, 0.15) is 25.7 Å². The summed E-state index contributed by atoms with van der Waals surface area (Å²) < 4.78 is 0. The molecule has 0 saturated carbocycles. The van der Waals surface area contributed by atoms with E-state index in [1.807, 2.05) is 0 Å². The maximum Gasteiger partial charge on any atom is 0.303 e. The van der Waals surface area contributed by atoms with Crippen molar-refractivity contribution in [3.63, 3.8) is 0 Å². The van der Waals surface area contributed by atoms with Crippen LogP contribution in [0.2, 0.25) is 0 Å². The van der Waals surface area contributed by atoms with Gasteiger partial charge in [-0.15, -0.1) is 4.90 Å². The standard InChI is InChI=1S/C8H9N3O3/c9-5-11(6-10)7(12)3-1-2-4-8(13)14/h1-4H2,(H,13,14). The highest BCUT2D eigenvalue weighted by Crippen LogP contribution is 2.02. The molecule has 0 aromatic heterocycles. The second kappa shape index (κ2) is 6.44. The van der Waals surface area contributed by atoms with Crippen molar-refractivity contribution in [3.8, 4) is 12.4 Å². The second-order valence-electron chi connectivity index (χ2n) is 2.53. The molecule has 0 radical (unpaired) electrons. The molecule has 0 bridgehead atoms. The van der Waals surface area contributed by atoms with Gasteiger partial charge in [0, 0.05) is 12.8 Å². The number of carbonyl (C=O) groups is 2. The number of hydrogen-bond acceptors (Lipinski definition) is 4. The Morgan fingerprint density at radius 2 is 1.64 bits per heavy atom. The first-order chi connectivity index (χ1) is 6.61. The fourth-order valence-electron chi connectivity index (χ4n) is 0.798. The third-order valence-electron chi connectivity index (χ3n) is 1.48. The molecule has 0 saturated heterocycles. The summed E-state index contributed by atoms with van der Waals surface area (Å²) >= 11 is 0. The van der Waals surface area contributed by atoms with Gasteiger partial charge in [-0.2, -0.15) is 10.5 Å². The van der Waals surface area contributed by atoms with Gasteiger partial charge in [-0.05, 0) is 12.8 Å². The second-order valence-corrected chi connectivity index (χ2v) is 2.53. The molecule has 0 aromatic carbocycles. The number of nitrogens with zero attached hydrogens (tertiary/aromatic N) is 3. The van der Waals surface area contributed by atoms with Gasteiger partial charge >= 0.3 is 5.97 Å². The normalized spacial score (nSPS) is 8.43. The van der Waals surface area contributed by atoms with E-state index in [1.165, 1.54) is 12.4 Å². The minimum absolute atomic E-state index is 0.00755.